The van der Waals surface area contributed by atoms with Gasteiger partial charge < -0.3 is 34.4 Å². The van der Waals surface area contributed by atoms with Crippen LogP contribution in [0.5, 0.6) is 0 Å². The van der Waals surface area contributed by atoms with Crippen molar-refractivity contribution in [2.24, 2.45) is 0 Å². The zero-order valence-electron chi connectivity index (χ0n) is 8.60. The van der Waals surface area contributed by atoms with Crippen molar-refractivity contribution in [3.63, 3.8) is 0 Å². The van der Waals surface area contributed by atoms with E-state index >= 15 is 0 Å². The minimum absolute atomic E-state index is 0.0708. The summed E-state index contributed by atoms with van der Waals surface area (Å²) in [7, 11) is -1.97. The Morgan fingerprint density at radius 3 is 2.31 bits per heavy atom. The molecule has 0 aromatic rings. The largest absolute Gasteiger partial charge is 0.390 e. The Morgan fingerprint density at radius 2 is 1.88 bits per heavy atom. The molecule has 4 atom stereocenters. The summed E-state index contributed by atoms with van der Waals surface area (Å²) in [5, 5.41) is 27.4. The highest BCUT2D eigenvalue weighted by Crippen LogP contribution is 2.27. The lowest BCUT2D eigenvalue weighted by Gasteiger charge is -2.34. The van der Waals surface area contributed by atoms with E-state index in [0.717, 1.165) is 0 Å². The quantitative estimate of drug-likeness (QED) is 0.398. The van der Waals surface area contributed by atoms with E-state index in [0.29, 0.717) is 7.18 Å². The lowest BCUT2D eigenvalue weighted by atomic mass is 10.0. The molecule has 1 heterocycles. The number of aliphatic hydroxyl groups excluding tert-OH is 3. The van der Waals surface area contributed by atoms with Crippen molar-refractivity contribution in [1.29, 1.82) is 0 Å². The number of ether oxygens (including phenoxy) is 1. The Morgan fingerprint density at radius 1 is 1.31 bits per heavy atom. The Hall–Kier alpha value is 0.0800. The molecule has 1 aliphatic rings. The van der Waals surface area contributed by atoms with Crippen LogP contribution in [-0.2, 0) is 9.26 Å². The average Bonchev–Trinajstić information content (AvgIpc) is 2.25. The van der Waals surface area contributed by atoms with E-state index in [1.165, 1.54) is 0 Å². The van der Waals surface area contributed by atoms with Gasteiger partial charge >= 0.3 is 8.60 Å². The maximum Gasteiger partial charge on any atom is 0.327 e. The zero-order chi connectivity index (χ0) is 12.7. The van der Waals surface area contributed by atoms with Gasteiger partial charge in [-0.3, -0.25) is 4.39 Å². The number of rotatable bonds is 3. The Bertz CT molecular complexity index is 172. The van der Waals surface area contributed by atoms with Gasteiger partial charge in [0.05, 0.1) is 26.0 Å². The van der Waals surface area contributed by atoms with Gasteiger partial charge in [0.25, 0.3) is 0 Å². The van der Waals surface area contributed by atoms with Crippen LogP contribution in [0, 0.1) is 0 Å². The summed E-state index contributed by atoms with van der Waals surface area (Å²) in [6.45, 7) is -0.153. The molecule has 7 nitrogen and oxygen atoms in total. The second kappa shape index (κ2) is 8.21. The summed E-state index contributed by atoms with van der Waals surface area (Å²) in [6, 6.07) is 0. The van der Waals surface area contributed by atoms with Gasteiger partial charge in [-0.2, -0.15) is 0 Å². The van der Waals surface area contributed by atoms with Gasteiger partial charge in [0, 0.05) is 6.42 Å². The van der Waals surface area contributed by atoms with Crippen LogP contribution in [0.1, 0.15) is 6.42 Å². The molecule has 0 radical (unpaired) electrons. The monoisotopic (exact) mass is 262 g/mol. The van der Waals surface area contributed by atoms with Crippen molar-refractivity contribution in [3.05, 3.63) is 0 Å². The molecule has 0 saturated carbocycles. The standard InChI is InChI=1S/C6H13O7P.CH3F/c7-4-1-3(2-12-14(10)11)13-6(9)5(4)8;1-2/h3-11H,1-2H2;1H3. The number of aliphatic hydroxyl groups is 3. The van der Waals surface area contributed by atoms with E-state index in [1.54, 1.807) is 0 Å². The number of hydrogen-bond acceptors (Lipinski definition) is 7. The highest BCUT2D eigenvalue weighted by molar-refractivity contribution is 7.39. The zero-order valence-corrected chi connectivity index (χ0v) is 9.50. The van der Waals surface area contributed by atoms with E-state index in [-0.39, 0.29) is 13.0 Å². The Balaban J connectivity index is 0.00000106. The van der Waals surface area contributed by atoms with Crippen molar-refractivity contribution in [3.8, 4) is 0 Å². The summed E-state index contributed by atoms with van der Waals surface area (Å²) in [5.74, 6) is 0. The van der Waals surface area contributed by atoms with Crippen LogP contribution in [0.3, 0.4) is 0 Å². The van der Waals surface area contributed by atoms with Crippen molar-refractivity contribution in [1.82, 2.24) is 0 Å². The first kappa shape index (κ1) is 16.1. The molecule has 16 heavy (non-hydrogen) atoms. The van der Waals surface area contributed by atoms with Gasteiger partial charge in [-0.1, -0.05) is 0 Å². The van der Waals surface area contributed by atoms with Crippen LogP contribution >= 0.6 is 8.60 Å². The third-order valence-electron chi connectivity index (χ3n) is 1.90. The molecule has 0 aliphatic carbocycles. The highest BCUT2D eigenvalue weighted by atomic mass is 31.2. The summed E-state index contributed by atoms with van der Waals surface area (Å²) in [5.41, 5.74) is 0. The third kappa shape index (κ3) is 5.42. The molecule has 1 fully saturated rings. The Kier molecular flexibility index (Phi) is 8.25. The van der Waals surface area contributed by atoms with E-state index < -0.39 is 33.2 Å². The summed E-state index contributed by atoms with van der Waals surface area (Å²) >= 11 is 0. The van der Waals surface area contributed by atoms with Crippen molar-refractivity contribution in [2.75, 3.05) is 13.8 Å². The molecule has 0 bridgehead atoms. The van der Waals surface area contributed by atoms with Crippen LogP contribution < -0.4 is 0 Å². The summed E-state index contributed by atoms with van der Waals surface area (Å²) in [6.07, 6.45) is -4.50. The maximum atomic E-state index is 9.50. The fourth-order valence-electron chi connectivity index (χ4n) is 1.19. The first-order valence-electron chi connectivity index (χ1n) is 4.39. The normalized spacial score (nSPS) is 34.5. The predicted octanol–water partition coefficient (Wildman–Crippen LogP) is -1.37. The smallest absolute Gasteiger partial charge is 0.327 e. The van der Waals surface area contributed by atoms with E-state index in [4.69, 9.17) is 24.7 Å². The van der Waals surface area contributed by atoms with Crippen LogP contribution in [0.25, 0.3) is 0 Å². The number of halogens is 1. The van der Waals surface area contributed by atoms with Crippen molar-refractivity contribution < 1.29 is 38.8 Å². The first-order chi connectivity index (χ1) is 7.50. The number of hydrogen-bond donors (Lipinski definition) is 5. The van der Waals surface area contributed by atoms with Crippen molar-refractivity contribution in [2.45, 2.75) is 31.0 Å². The lowest BCUT2D eigenvalue weighted by Crippen LogP contribution is -2.49. The van der Waals surface area contributed by atoms with E-state index in [2.05, 4.69) is 4.52 Å². The Labute approximate surface area is 93.1 Å². The number of alkyl halides is 1. The second-order valence-corrected chi connectivity index (χ2v) is 3.75. The molecule has 0 spiro atoms. The molecule has 98 valence electrons. The van der Waals surface area contributed by atoms with E-state index in [1.807, 2.05) is 0 Å². The fraction of sp³-hybridized carbons (Fsp3) is 1.00. The third-order valence-corrected chi connectivity index (χ3v) is 2.28. The molecule has 0 aromatic carbocycles. The van der Waals surface area contributed by atoms with Gasteiger partial charge in [-0.25, -0.2) is 0 Å². The molecule has 4 unspecified atom stereocenters. The van der Waals surface area contributed by atoms with Crippen molar-refractivity contribution >= 4 is 8.60 Å². The van der Waals surface area contributed by atoms with Crippen LogP contribution in [-0.4, -0.2) is 63.5 Å². The van der Waals surface area contributed by atoms with Gasteiger partial charge in [-0.15, -0.1) is 0 Å². The molecular weight excluding hydrogens is 246 g/mol. The van der Waals surface area contributed by atoms with E-state index in [9.17, 15) is 9.50 Å². The summed E-state index contributed by atoms with van der Waals surface area (Å²) in [4.78, 5) is 16.9. The molecule has 1 saturated heterocycles. The fourth-order valence-corrected chi connectivity index (χ4v) is 1.49. The van der Waals surface area contributed by atoms with Gasteiger partial charge in [0.1, 0.15) is 6.10 Å². The van der Waals surface area contributed by atoms with Gasteiger partial charge in [0.2, 0.25) is 0 Å². The maximum absolute atomic E-state index is 9.50. The van der Waals surface area contributed by atoms with Crippen LogP contribution in [0.4, 0.5) is 4.39 Å². The molecule has 0 aromatic heterocycles. The van der Waals surface area contributed by atoms with Crippen LogP contribution in [0.2, 0.25) is 0 Å². The molecule has 1 rings (SSSR count). The summed E-state index contributed by atoms with van der Waals surface area (Å²) < 4.78 is 18.8. The topological polar surface area (TPSA) is 120 Å². The predicted molar refractivity (Wildman–Crippen MR) is 51.9 cm³/mol. The molecule has 0 amide bonds. The lowest BCUT2D eigenvalue weighted by molar-refractivity contribution is -0.250. The minimum atomic E-state index is -2.47. The second-order valence-electron chi connectivity index (χ2n) is 2.99. The highest BCUT2D eigenvalue weighted by Gasteiger charge is 2.35. The van der Waals surface area contributed by atoms with Crippen LogP contribution in [0.15, 0.2) is 0 Å². The minimum Gasteiger partial charge on any atom is -0.390 e. The molecule has 1 aliphatic heterocycles. The van der Waals surface area contributed by atoms with Gasteiger partial charge in [-0.05, 0) is 0 Å². The molecule has 9 heteroatoms. The molecular formula is C7H16FO7P. The molecule has 5 N–H and O–H groups in total. The average molecular weight is 262 g/mol. The first-order valence-corrected chi connectivity index (χ1v) is 5.55. The van der Waals surface area contributed by atoms with Gasteiger partial charge in [0.15, 0.2) is 6.29 Å². The SMILES string of the molecule is CF.OC1CC(COP(O)O)OC(O)C1O.